The Morgan fingerprint density at radius 3 is 2.56 bits per heavy atom. The van der Waals surface area contributed by atoms with Gasteiger partial charge in [-0.25, -0.2) is 4.79 Å². The number of hydrogen-bond acceptors (Lipinski definition) is 7. The molecule has 0 aliphatic heterocycles. The van der Waals surface area contributed by atoms with Crippen LogP contribution in [-0.2, 0) is 22.5 Å². The number of hydrogen-bond donors (Lipinski definition) is 4. The summed E-state index contributed by atoms with van der Waals surface area (Å²) < 4.78 is 5.23. The zero-order valence-electron chi connectivity index (χ0n) is 15.5. The molecule has 0 bridgehead atoms. The van der Waals surface area contributed by atoms with Crippen LogP contribution >= 0.6 is 0 Å². The molecule has 0 spiro atoms. The van der Waals surface area contributed by atoms with Crippen molar-refractivity contribution in [3.8, 4) is 0 Å². The van der Waals surface area contributed by atoms with Gasteiger partial charge in [0.15, 0.2) is 11.9 Å². The first-order chi connectivity index (χ1) is 12.7. The van der Waals surface area contributed by atoms with Crippen molar-refractivity contribution in [3.05, 3.63) is 41.7 Å². The van der Waals surface area contributed by atoms with Crippen molar-refractivity contribution in [1.82, 2.24) is 31.3 Å². The summed E-state index contributed by atoms with van der Waals surface area (Å²) in [5, 5.41) is 28.6. The Morgan fingerprint density at radius 1 is 1.26 bits per heavy atom. The standard InChI is InChI=1S/C17H24N6O4/c1-17(2,3)27-16(26)19-12(9-11-7-5-4-6-8-11)14(24)15(25)18-10-13-20-22-23-21-13/h4-8,12,14,24H,9-10H2,1-3H3,(H,18,25)(H,19,26)(H,20,21,22,23)/t12-,14+/m1/s1. The number of H-pyrrole nitrogens is 1. The van der Waals surface area contributed by atoms with E-state index in [0.717, 1.165) is 5.56 Å². The first-order valence-electron chi connectivity index (χ1n) is 8.46. The van der Waals surface area contributed by atoms with Crippen LogP contribution in [0.2, 0.25) is 0 Å². The summed E-state index contributed by atoms with van der Waals surface area (Å²) in [5.74, 6) is -0.396. The second-order valence-corrected chi connectivity index (χ2v) is 6.93. The smallest absolute Gasteiger partial charge is 0.407 e. The number of carbonyl (C=O) groups is 2. The van der Waals surface area contributed by atoms with Crippen LogP contribution in [0.3, 0.4) is 0 Å². The van der Waals surface area contributed by atoms with E-state index in [1.54, 1.807) is 20.8 Å². The molecule has 1 aromatic heterocycles. The fourth-order valence-corrected chi connectivity index (χ4v) is 2.28. The van der Waals surface area contributed by atoms with Gasteiger partial charge in [0.25, 0.3) is 5.91 Å². The third-order valence-electron chi connectivity index (χ3n) is 3.46. The lowest BCUT2D eigenvalue weighted by atomic mass is 10.0. The molecule has 2 aromatic rings. The van der Waals surface area contributed by atoms with E-state index in [2.05, 4.69) is 31.3 Å². The van der Waals surface area contributed by atoms with E-state index in [0.29, 0.717) is 0 Å². The zero-order valence-corrected chi connectivity index (χ0v) is 15.5. The molecule has 4 N–H and O–H groups in total. The number of ether oxygens (including phenoxy) is 1. The topological polar surface area (TPSA) is 142 Å². The number of nitrogens with zero attached hydrogens (tertiary/aromatic N) is 3. The molecular weight excluding hydrogens is 352 g/mol. The summed E-state index contributed by atoms with van der Waals surface area (Å²) in [5.41, 5.74) is 0.149. The minimum absolute atomic E-state index is 0.00309. The van der Waals surface area contributed by atoms with Crippen LogP contribution in [0, 0.1) is 0 Å². The molecule has 10 nitrogen and oxygen atoms in total. The van der Waals surface area contributed by atoms with Gasteiger partial charge in [0.2, 0.25) is 0 Å². The fraction of sp³-hybridized carbons (Fsp3) is 0.471. The lowest BCUT2D eigenvalue weighted by Crippen LogP contribution is -2.52. The van der Waals surface area contributed by atoms with Gasteiger partial charge in [0.1, 0.15) is 5.60 Å². The Morgan fingerprint density at radius 2 is 1.96 bits per heavy atom. The van der Waals surface area contributed by atoms with Crippen molar-refractivity contribution in [2.24, 2.45) is 0 Å². The summed E-state index contributed by atoms with van der Waals surface area (Å²) in [6.07, 6.45) is -1.96. The van der Waals surface area contributed by atoms with Crippen LogP contribution in [0.1, 0.15) is 32.2 Å². The third-order valence-corrected chi connectivity index (χ3v) is 3.46. The molecule has 0 radical (unpaired) electrons. The highest BCUT2D eigenvalue weighted by Gasteiger charge is 2.29. The predicted octanol–water partition coefficient (Wildman–Crippen LogP) is 0.313. The molecule has 27 heavy (non-hydrogen) atoms. The number of carbonyl (C=O) groups excluding carboxylic acids is 2. The molecular formula is C17H24N6O4. The van der Waals surface area contributed by atoms with E-state index in [1.165, 1.54) is 0 Å². The van der Waals surface area contributed by atoms with Gasteiger partial charge in [-0.1, -0.05) is 35.5 Å². The normalized spacial score (nSPS) is 13.5. The van der Waals surface area contributed by atoms with Gasteiger partial charge in [0, 0.05) is 0 Å². The predicted molar refractivity (Wildman–Crippen MR) is 95.3 cm³/mol. The van der Waals surface area contributed by atoms with Crippen LogP contribution in [0.5, 0.6) is 0 Å². The first kappa shape index (κ1) is 20.3. The fourth-order valence-electron chi connectivity index (χ4n) is 2.28. The maximum absolute atomic E-state index is 12.3. The Bertz CT molecular complexity index is 730. The second-order valence-electron chi connectivity index (χ2n) is 6.93. The van der Waals surface area contributed by atoms with Crippen LogP contribution in [0.25, 0.3) is 0 Å². The molecule has 146 valence electrons. The average molecular weight is 376 g/mol. The number of amides is 2. The van der Waals surface area contributed by atoms with Crippen molar-refractivity contribution < 1.29 is 19.4 Å². The van der Waals surface area contributed by atoms with Crippen LogP contribution < -0.4 is 10.6 Å². The van der Waals surface area contributed by atoms with Gasteiger partial charge < -0.3 is 20.5 Å². The van der Waals surface area contributed by atoms with Crippen molar-refractivity contribution in [2.45, 2.75) is 51.5 Å². The van der Waals surface area contributed by atoms with E-state index in [1.807, 2.05) is 30.3 Å². The summed E-state index contributed by atoms with van der Waals surface area (Å²) in [6, 6.07) is 8.33. The van der Waals surface area contributed by atoms with E-state index < -0.39 is 29.7 Å². The highest BCUT2D eigenvalue weighted by atomic mass is 16.6. The molecule has 2 atom stereocenters. The van der Waals surface area contributed by atoms with Gasteiger partial charge in [-0.15, -0.1) is 10.2 Å². The number of alkyl carbamates (subject to hydrolysis) is 1. The summed E-state index contributed by atoms with van der Waals surface area (Å²) in [6.45, 7) is 5.18. The Labute approximate surface area is 156 Å². The van der Waals surface area contributed by atoms with Crippen molar-refractivity contribution in [1.29, 1.82) is 0 Å². The number of aromatic amines is 1. The van der Waals surface area contributed by atoms with E-state index in [9.17, 15) is 14.7 Å². The number of aliphatic hydroxyl groups excluding tert-OH is 1. The highest BCUT2D eigenvalue weighted by molar-refractivity contribution is 5.82. The number of aromatic nitrogens is 4. The van der Waals surface area contributed by atoms with Gasteiger partial charge in [-0.3, -0.25) is 4.79 Å². The number of rotatable bonds is 7. The minimum atomic E-state index is -1.50. The second kappa shape index (κ2) is 9.08. The summed E-state index contributed by atoms with van der Waals surface area (Å²) >= 11 is 0. The van der Waals surface area contributed by atoms with E-state index >= 15 is 0 Å². The minimum Gasteiger partial charge on any atom is -0.444 e. The maximum atomic E-state index is 12.3. The van der Waals surface area contributed by atoms with E-state index in [-0.39, 0.29) is 18.8 Å². The van der Waals surface area contributed by atoms with Gasteiger partial charge >= 0.3 is 6.09 Å². The van der Waals surface area contributed by atoms with Gasteiger partial charge in [0.05, 0.1) is 12.6 Å². The molecule has 1 heterocycles. The van der Waals surface area contributed by atoms with Crippen molar-refractivity contribution in [2.75, 3.05) is 0 Å². The number of tetrazole rings is 1. The molecule has 10 heteroatoms. The lowest BCUT2D eigenvalue weighted by Gasteiger charge is -2.26. The number of aliphatic hydroxyl groups is 1. The molecule has 2 amide bonds. The summed E-state index contributed by atoms with van der Waals surface area (Å²) in [7, 11) is 0. The largest absolute Gasteiger partial charge is 0.444 e. The Kier molecular flexibility index (Phi) is 6.83. The molecule has 0 saturated carbocycles. The Hall–Kier alpha value is -3.01. The van der Waals surface area contributed by atoms with Crippen LogP contribution in [-0.4, -0.2) is 55.5 Å². The first-order valence-corrected chi connectivity index (χ1v) is 8.46. The average Bonchev–Trinajstić information content (AvgIpc) is 3.11. The van der Waals surface area contributed by atoms with Gasteiger partial charge in [-0.05, 0) is 32.8 Å². The molecule has 2 rings (SSSR count). The molecule has 0 saturated heterocycles. The highest BCUT2D eigenvalue weighted by Crippen LogP contribution is 2.10. The zero-order chi connectivity index (χ0) is 19.9. The van der Waals surface area contributed by atoms with Crippen molar-refractivity contribution in [3.63, 3.8) is 0 Å². The molecule has 0 aliphatic rings. The molecule has 0 unspecified atom stereocenters. The Balaban J connectivity index is 2.04. The number of nitrogens with one attached hydrogen (secondary N) is 3. The third kappa shape index (κ3) is 7.02. The summed E-state index contributed by atoms with van der Waals surface area (Å²) in [4.78, 5) is 24.4. The lowest BCUT2D eigenvalue weighted by molar-refractivity contribution is -0.130. The van der Waals surface area contributed by atoms with Crippen molar-refractivity contribution >= 4 is 12.0 Å². The van der Waals surface area contributed by atoms with Crippen LogP contribution in [0.4, 0.5) is 4.79 Å². The maximum Gasteiger partial charge on any atom is 0.407 e. The number of benzene rings is 1. The van der Waals surface area contributed by atoms with Gasteiger partial charge in [-0.2, -0.15) is 5.21 Å². The van der Waals surface area contributed by atoms with Crippen LogP contribution in [0.15, 0.2) is 30.3 Å². The van der Waals surface area contributed by atoms with E-state index in [4.69, 9.17) is 4.74 Å². The monoisotopic (exact) mass is 376 g/mol. The SMILES string of the molecule is CC(C)(C)OC(=O)N[C@H](Cc1ccccc1)[C@H](O)C(=O)NCc1nn[nH]n1. The quantitative estimate of drug-likeness (QED) is 0.545. The molecule has 0 aliphatic carbocycles. The molecule has 1 aromatic carbocycles. The molecule has 0 fully saturated rings.